The molecule has 1 heterocycles. The second-order valence-corrected chi connectivity index (χ2v) is 7.87. The van der Waals surface area contributed by atoms with Crippen LogP contribution in [-0.2, 0) is 0 Å². The third-order valence-corrected chi connectivity index (χ3v) is 5.17. The fraction of sp³-hybridized carbons (Fsp3) is 0.217. The molecule has 3 rings (SSSR count). The van der Waals surface area contributed by atoms with Gasteiger partial charge in [0, 0.05) is 34.5 Å². The summed E-state index contributed by atoms with van der Waals surface area (Å²) in [6.07, 6.45) is 2.36. The molecule has 0 aliphatic rings. The van der Waals surface area contributed by atoms with Crippen LogP contribution in [0.3, 0.4) is 0 Å². The second kappa shape index (κ2) is 11.3. The van der Waals surface area contributed by atoms with E-state index in [1.165, 1.54) is 6.20 Å². The highest BCUT2D eigenvalue weighted by Crippen LogP contribution is 2.35. The Morgan fingerprint density at radius 3 is 2.45 bits per heavy atom. The Bertz CT molecular complexity index is 1060. The van der Waals surface area contributed by atoms with Crippen molar-refractivity contribution in [2.24, 2.45) is 0 Å². The number of hydrogen-bond donors (Lipinski definition) is 1. The van der Waals surface area contributed by atoms with E-state index in [9.17, 15) is 9.90 Å². The molecule has 31 heavy (non-hydrogen) atoms. The van der Waals surface area contributed by atoms with E-state index in [4.69, 9.17) is 27.9 Å². The SMILES string of the molecule is CN(C)CCCOc1cc(-c2cc(-c3ccccc3Cl)cnc2C(=O)O)ccc1Cl.Cl. The zero-order valence-corrected chi connectivity index (χ0v) is 19.5. The zero-order chi connectivity index (χ0) is 21.7. The van der Waals surface area contributed by atoms with Crippen LogP contribution in [0.25, 0.3) is 22.3 Å². The van der Waals surface area contributed by atoms with Crippen LogP contribution < -0.4 is 4.74 Å². The second-order valence-electron chi connectivity index (χ2n) is 7.06. The van der Waals surface area contributed by atoms with E-state index in [0.717, 1.165) is 24.1 Å². The molecule has 1 aromatic heterocycles. The third-order valence-electron chi connectivity index (χ3n) is 4.52. The van der Waals surface area contributed by atoms with E-state index >= 15 is 0 Å². The molecule has 0 bridgehead atoms. The molecule has 0 atom stereocenters. The van der Waals surface area contributed by atoms with Gasteiger partial charge in [-0.3, -0.25) is 0 Å². The van der Waals surface area contributed by atoms with Crippen LogP contribution >= 0.6 is 35.6 Å². The first-order valence-electron chi connectivity index (χ1n) is 9.42. The van der Waals surface area contributed by atoms with Gasteiger partial charge in [0.1, 0.15) is 5.75 Å². The molecular formula is C23H23Cl3N2O3. The molecule has 0 amide bonds. The summed E-state index contributed by atoms with van der Waals surface area (Å²) in [5.41, 5.74) is 2.57. The van der Waals surface area contributed by atoms with Crippen LogP contribution in [-0.4, -0.2) is 48.2 Å². The lowest BCUT2D eigenvalue weighted by Crippen LogP contribution is -2.15. The number of halogens is 3. The van der Waals surface area contributed by atoms with Crippen molar-refractivity contribution in [3.63, 3.8) is 0 Å². The first kappa shape index (κ1) is 25.0. The first-order valence-corrected chi connectivity index (χ1v) is 10.2. The first-order chi connectivity index (χ1) is 14.4. The summed E-state index contributed by atoms with van der Waals surface area (Å²) in [7, 11) is 4.00. The van der Waals surface area contributed by atoms with Crippen LogP contribution in [0, 0.1) is 0 Å². The number of hydrogen-bond acceptors (Lipinski definition) is 4. The summed E-state index contributed by atoms with van der Waals surface area (Å²) in [6, 6.07) is 14.3. The maximum Gasteiger partial charge on any atom is 0.355 e. The Hall–Kier alpha value is -2.31. The van der Waals surface area contributed by atoms with Crippen LogP contribution in [0.15, 0.2) is 54.7 Å². The van der Waals surface area contributed by atoms with Gasteiger partial charge in [-0.05, 0) is 50.3 Å². The quantitative estimate of drug-likeness (QED) is 0.390. The normalized spacial score (nSPS) is 10.6. The number of carboxylic acid groups (broad SMARTS) is 1. The lowest BCUT2D eigenvalue weighted by Gasteiger charge is -2.14. The molecule has 2 aromatic carbocycles. The predicted octanol–water partition coefficient (Wildman–Crippen LogP) is 6.17. The molecular weight excluding hydrogens is 459 g/mol. The van der Waals surface area contributed by atoms with Crippen LogP contribution in [0.4, 0.5) is 0 Å². The van der Waals surface area contributed by atoms with Gasteiger partial charge in [0.25, 0.3) is 0 Å². The lowest BCUT2D eigenvalue weighted by molar-refractivity contribution is 0.0691. The molecule has 0 saturated carbocycles. The Kier molecular flexibility index (Phi) is 9.14. The van der Waals surface area contributed by atoms with E-state index < -0.39 is 5.97 Å². The summed E-state index contributed by atoms with van der Waals surface area (Å²) in [5.74, 6) is -0.605. The van der Waals surface area contributed by atoms with Gasteiger partial charge in [-0.1, -0.05) is 47.5 Å². The summed E-state index contributed by atoms with van der Waals surface area (Å²) in [5, 5.41) is 10.7. The molecule has 0 spiro atoms. The Balaban J connectivity index is 0.00000341. The predicted molar refractivity (Wildman–Crippen MR) is 128 cm³/mol. The fourth-order valence-corrected chi connectivity index (χ4v) is 3.46. The maximum absolute atomic E-state index is 11.8. The maximum atomic E-state index is 11.8. The van der Waals surface area contributed by atoms with Gasteiger partial charge >= 0.3 is 5.97 Å². The van der Waals surface area contributed by atoms with Crippen molar-refractivity contribution >= 4 is 41.6 Å². The number of aromatic nitrogens is 1. The summed E-state index contributed by atoms with van der Waals surface area (Å²) in [6.45, 7) is 1.40. The van der Waals surface area contributed by atoms with Gasteiger partial charge in [0.15, 0.2) is 5.69 Å². The zero-order valence-electron chi connectivity index (χ0n) is 17.1. The highest BCUT2D eigenvalue weighted by molar-refractivity contribution is 6.33. The number of pyridine rings is 1. The molecule has 5 nitrogen and oxygen atoms in total. The Morgan fingerprint density at radius 2 is 1.77 bits per heavy atom. The molecule has 0 saturated heterocycles. The molecule has 0 aliphatic carbocycles. The number of nitrogens with zero attached hydrogens (tertiary/aromatic N) is 2. The lowest BCUT2D eigenvalue weighted by atomic mass is 9.98. The largest absolute Gasteiger partial charge is 0.492 e. The van der Waals surface area contributed by atoms with Crippen molar-refractivity contribution in [2.75, 3.05) is 27.2 Å². The van der Waals surface area contributed by atoms with E-state index in [0.29, 0.717) is 33.5 Å². The Morgan fingerprint density at radius 1 is 1.03 bits per heavy atom. The average molecular weight is 482 g/mol. The standard InChI is InChI=1S/C23H22Cl2N2O3.ClH/c1-27(2)10-5-11-30-21-13-15(8-9-20(21)25)18-12-16(14-26-22(18)23(28)29)17-6-3-4-7-19(17)24;/h3-4,6-9,12-14H,5,10-11H2,1-2H3,(H,28,29);1H. The minimum absolute atomic E-state index is 0. The molecule has 0 unspecified atom stereocenters. The molecule has 0 aliphatic heterocycles. The number of carboxylic acids is 1. The number of carbonyl (C=O) groups is 1. The van der Waals surface area contributed by atoms with Gasteiger partial charge in [-0.15, -0.1) is 12.4 Å². The van der Waals surface area contributed by atoms with Crippen molar-refractivity contribution in [3.8, 4) is 28.0 Å². The third kappa shape index (κ3) is 6.34. The molecule has 8 heteroatoms. The smallest absolute Gasteiger partial charge is 0.355 e. The average Bonchev–Trinajstić information content (AvgIpc) is 2.72. The number of ether oxygens (including phenoxy) is 1. The van der Waals surface area contributed by atoms with E-state index in [1.54, 1.807) is 30.3 Å². The van der Waals surface area contributed by atoms with Crippen molar-refractivity contribution in [1.82, 2.24) is 9.88 Å². The molecule has 164 valence electrons. The number of rotatable bonds is 8. The molecule has 0 radical (unpaired) electrons. The number of aromatic carboxylic acids is 1. The summed E-state index contributed by atoms with van der Waals surface area (Å²) < 4.78 is 5.84. The highest BCUT2D eigenvalue weighted by Gasteiger charge is 2.17. The van der Waals surface area contributed by atoms with E-state index in [1.807, 2.05) is 32.3 Å². The van der Waals surface area contributed by atoms with Crippen molar-refractivity contribution in [3.05, 3.63) is 70.5 Å². The van der Waals surface area contributed by atoms with E-state index in [2.05, 4.69) is 9.88 Å². The van der Waals surface area contributed by atoms with Gasteiger partial charge in [-0.25, -0.2) is 9.78 Å². The van der Waals surface area contributed by atoms with Crippen molar-refractivity contribution in [2.45, 2.75) is 6.42 Å². The number of benzene rings is 2. The molecule has 0 fully saturated rings. The van der Waals surface area contributed by atoms with Crippen LogP contribution in [0.2, 0.25) is 10.0 Å². The topological polar surface area (TPSA) is 62.7 Å². The van der Waals surface area contributed by atoms with Crippen molar-refractivity contribution < 1.29 is 14.6 Å². The van der Waals surface area contributed by atoms with Crippen LogP contribution in [0.1, 0.15) is 16.9 Å². The monoisotopic (exact) mass is 480 g/mol. The van der Waals surface area contributed by atoms with Gasteiger partial charge in [0.05, 0.1) is 11.6 Å². The van der Waals surface area contributed by atoms with Crippen LogP contribution in [0.5, 0.6) is 5.75 Å². The summed E-state index contributed by atoms with van der Waals surface area (Å²) >= 11 is 12.6. The highest BCUT2D eigenvalue weighted by atomic mass is 35.5. The van der Waals surface area contributed by atoms with E-state index in [-0.39, 0.29) is 18.1 Å². The molecule has 1 N–H and O–H groups in total. The Labute approximate surface area is 198 Å². The molecule has 3 aromatic rings. The minimum Gasteiger partial charge on any atom is -0.492 e. The van der Waals surface area contributed by atoms with Gasteiger partial charge < -0.3 is 14.7 Å². The van der Waals surface area contributed by atoms with Crippen molar-refractivity contribution in [1.29, 1.82) is 0 Å². The van der Waals surface area contributed by atoms with Gasteiger partial charge in [-0.2, -0.15) is 0 Å². The van der Waals surface area contributed by atoms with Gasteiger partial charge in [0.2, 0.25) is 0 Å². The summed E-state index contributed by atoms with van der Waals surface area (Å²) in [4.78, 5) is 18.0. The minimum atomic E-state index is -1.11. The fourth-order valence-electron chi connectivity index (χ4n) is 3.04.